The van der Waals surface area contributed by atoms with Gasteiger partial charge in [0.1, 0.15) is 0 Å². The van der Waals surface area contributed by atoms with Crippen LogP contribution in [0.3, 0.4) is 0 Å². The van der Waals surface area contributed by atoms with Crippen LogP contribution in [-0.2, 0) is 0 Å². The van der Waals surface area contributed by atoms with Gasteiger partial charge in [0.15, 0.2) is 0 Å². The average Bonchev–Trinajstić information content (AvgIpc) is 2.39. The molecule has 20 heavy (non-hydrogen) atoms. The predicted octanol–water partition coefficient (Wildman–Crippen LogP) is 4.23. The van der Waals surface area contributed by atoms with Crippen LogP contribution in [0.4, 0.5) is 0 Å². The minimum Gasteiger partial charge on any atom is -0.392 e. The molecule has 0 aromatic carbocycles. The first kappa shape index (κ1) is 18.0. The lowest BCUT2D eigenvalue weighted by Crippen LogP contribution is -2.36. The Hall–Kier alpha value is -0.0800. The Bertz CT molecular complexity index is 247. The quantitative estimate of drug-likeness (QED) is 0.733. The van der Waals surface area contributed by atoms with Gasteiger partial charge >= 0.3 is 0 Å². The lowest BCUT2D eigenvalue weighted by molar-refractivity contribution is 0.0972. The Morgan fingerprint density at radius 1 is 1.05 bits per heavy atom. The smallest absolute Gasteiger partial charge is 0.0692 e. The topological polar surface area (TPSA) is 32.3 Å². The molecule has 120 valence electrons. The molecule has 0 heterocycles. The SMILES string of the molecule is CCC(CC)C(O)CNCC1CCC(C(C)(C)C)CC1. The van der Waals surface area contributed by atoms with Crippen molar-refractivity contribution in [3.8, 4) is 0 Å². The lowest BCUT2D eigenvalue weighted by atomic mass is 9.70. The van der Waals surface area contributed by atoms with Crippen LogP contribution in [0.25, 0.3) is 0 Å². The number of aliphatic hydroxyl groups is 1. The number of nitrogens with one attached hydrogen (secondary N) is 1. The Morgan fingerprint density at radius 2 is 1.60 bits per heavy atom. The van der Waals surface area contributed by atoms with Gasteiger partial charge in [0, 0.05) is 6.54 Å². The summed E-state index contributed by atoms with van der Waals surface area (Å²) in [5, 5.41) is 13.6. The van der Waals surface area contributed by atoms with Crippen molar-refractivity contribution >= 4 is 0 Å². The minimum absolute atomic E-state index is 0.170. The monoisotopic (exact) mass is 283 g/mol. The molecule has 1 saturated carbocycles. The summed E-state index contributed by atoms with van der Waals surface area (Å²) in [7, 11) is 0. The highest BCUT2D eigenvalue weighted by Gasteiger charge is 2.29. The number of aliphatic hydroxyl groups excluding tert-OH is 1. The van der Waals surface area contributed by atoms with Crippen molar-refractivity contribution in [2.24, 2.45) is 23.2 Å². The molecular weight excluding hydrogens is 246 g/mol. The Morgan fingerprint density at radius 3 is 2.05 bits per heavy atom. The molecule has 0 aliphatic heterocycles. The maximum absolute atomic E-state index is 10.1. The highest BCUT2D eigenvalue weighted by molar-refractivity contribution is 4.81. The molecule has 0 bridgehead atoms. The van der Waals surface area contributed by atoms with Crippen molar-refractivity contribution in [2.45, 2.75) is 79.2 Å². The molecule has 1 atom stereocenters. The maximum Gasteiger partial charge on any atom is 0.0692 e. The molecular formula is C18H37NO. The van der Waals surface area contributed by atoms with Crippen LogP contribution >= 0.6 is 0 Å². The fraction of sp³-hybridized carbons (Fsp3) is 1.00. The van der Waals surface area contributed by atoms with E-state index in [9.17, 15) is 5.11 Å². The van der Waals surface area contributed by atoms with Crippen LogP contribution in [0, 0.1) is 23.2 Å². The Labute approximate surface area is 126 Å². The molecule has 2 heteroatoms. The minimum atomic E-state index is -0.170. The molecule has 0 aromatic heterocycles. The molecule has 0 radical (unpaired) electrons. The van der Waals surface area contributed by atoms with Gasteiger partial charge in [0.25, 0.3) is 0 Å². The second-order valence-corrected chi connectivity index (χ2v) is 7.89. The Kier molecular flexibility index (Phi) is 7.53. The second kappa shape index (κ2) is 8.38. The van der Waals surface area contributed by atoms with E-state index in [0.29, 0.717) is 11.3 Å². The summed E-state index contributed by atoms with van der Waals surface area (Å²) in [5.41, 5.74) is 0.476. The van der Waals surface area contributed by atoms with Crippen molar-refractivity contribution in [1.82, 2.24) is 5.32 Å². The molecule has 0 aromatic rings. The van der Waals surface area contributed by atoms with Gasteiger partial charge in [0.2, 0.25) is 0 Å². The van der Waals surface area contributed by atoms with E-state index in [2.05, 4.69) is 39.9 Å². The molecule has 0 saturated heterocycles. The molecule has 1 fully saturated rings. The van der Waals surface area contributed by atoms with E-state index in [1.54, 1.807) is 0 Å². The van der Waals surface area contributed by atoms with Gasteiger partial charge in [-0.1, -0.05) is 47.5 Å². The third-order valence-corrected chi connectivity index (χ3v) is 5.45. The zero-order valence-electron chi connectivity index (χ0n) is 14.4. The second-order valence-electron chi connectivity index (χ2n) is 7.89. The van der Waals surface area contributed by atoms with Gasteiger partial charge < -0.3 is 10.4 Å². The maximum atomic E-state index is 10.1. The van der Waals surface area contributed by atoms with Crippen LogP contribution in [-0.4, -0.2) is 24.3 Å². The summed E-state index contributed by atoms with van der Waals surface area (Å²) >= 11 is 0. The van der Waals surface area contributed by atoms with Gasteiger partial charge in [-0.05, 0) is 55.4 Å². The largest absolute Gasteiger partial charge is 0.392 e. The average molecular weight is 284 g/mol. The molecule has 1 rings (SSSR count). The molecule has 1 aliphatic carbocycles. The van der Waals surface area contributed by atoms with Crippen LogP contribution < -0.4 is 5.32 Å². The highest BCUT2D eigenvalue weighted by atomic mass is 16.3. The van der Waals surface area contributed by atoms with E-state index in [0.717, 1.165) is 37.8 Å². The molecule has 1 aliphatic rings. The predicted molar refractivity (Wildman–Crippen MR) is 87.9 cm³/mol. The summed E-state index contributed by atoms with van der Waals surface area (Å²) in [6, 6.07) is 0. The van der Waals surface area contributed by atoms with E-state index in [4.69, 9.17) is 0 Å². The van der Waals surface area contributed by atoms with Crippen molar-refractivity contribution in [3.63, 3.8) is 0 Å². The van der Waals surface area contributed by atoms with Crippen LogP contribution in [0.15, 0.2) is 0 Å². The number of rotatable bonds is 7. The van der Waals surface area contributed by atoms with Crippen LogP contribution in [0.2, 0.25) is 0 Å². The first-order valence-corrected chi connectivity index (χ1v) is 8.77. The number of hydrogen-bond acceptors (Lipinski definition) is 2. The fourth-order valence-electron chi connectivity index (χ4n) is 3.67. The van der Waals surface area contributed by atoms with Crippen molar-refractivity contribution in [1.29, 1.82) is 0 Å². The molecule has 2 nitrogen and oxygen atoms in total. The van der Waals surface area contributed by atoms with Crippen molar-refractivity contribution in [3.05, 3.63) is 0 Å². The standard InChI is InChI=1S/C18H37NO/c1-6-15(7-2)17(20)13-19-12-14-8-10-16(11-9-14)18(3,4)5/h14-17,19-20H,6-13H2,1-5H3. The van der Waals surface area contributed by atoms with Crippen LogP contribution in [0.1, 0.15) is 73.1 Å². The Balaban J connectivity index is 2.19. The molecule has 2 N–H and O–H groups in total. The zero-order valence-corrected chi connectivity index (χ0v) is 14.4. The van der Waals surface area contributed by atoms with E-state index in [1.807, 2.05) is 0 Å². The molecule has 0 amide bonds. The summed E-state index contributed by atoms with van der Waals surface area (Å²) in [4.78, 5) is 0. The van der Waals surface area contributed by atoms with Crippen LogP contribution in [0.5, 0.6) is 0 Å². The van der Waals surface area contributed by atoms with E-state index in [1.165, 1.54) is 25.7 Å². The normalized spacial score (nSPS) is 25.9. The number of hydrogen-bond donors (Lipinski definition) is 2. The summed E-state index contributed by atoms with van der Waals surface area (Å²) in [6.45, 7) is 13.3. The van der Waals surface area contributed by atoms with E-state index in [-0.39, 0.29) is 6.10 Å². The third-order valence-electron chi connectivity index (χ3n) is 5.45. The first-order chi connectivity index (χ1) is 9.38. The lowest BCUT2D eigenvalue weighted by Gasteiger charge is -2.37. The van der Waals surface area contributed by atoms with Crippen molar-refractivity contribution < 1.29 is 5.11 Å². The van der Waals surface area contributed by atoms with Gasteiger partial charge in [-0.3, -0.25) is 0 Å². The summed E-state index contributed by atoms with van der Waals surface area (Å²) in [6.07, 6.45) is 7.46. The summed E-state index contributed by atoms with van der Waals surface area (Å²) in [5.74, 6) is 2.18. The van der Waals surface area contributed by atoms with E-state index < -0.39 is 0 Å². The highest BCUT2D eigenvalue weighted by Crippen LogP contribution is 2.39. The van der Waals surface area contributed by atoms with Gasteiger partial charge in [-0.2, -0.15) is 0 Å². The zero-order chi connectivity index (χ0) is 15.2. The van der Waals surface area contributed by atoms with Gasteiger partial charge in [-0.25, -0.2) is 0 Å². The fourth-order valence-corrected chi connectivity index (χ4v) is 3.67. The molecule has 1 unspecified atom stereocenters. The third kappa shape index (κ3) is 5.73. The van der Waals surface area contributed by atoms with Gasteiger partial charge in [0.05, 0.1) is 6.10 Å². The van der Waals surface area contributed by atoms with Crippen molar-refractivity contribution in [2.75, 3.05) is 13.1 Å². The first-order valence-electron chi connectivity index (χ1n) is 8.77. The molecule has 0 spiro atoms. The van der Waals surface area contributed by atoms with Gasteiger partial charge in [-0.15, -0.1) is 0 Å². The van der Waals surface area contributed by atoms with E-state index >= 15 is 0 Å². The summed E-state index contributed by atoms with van der Waals surface area (Å²) < 4.78 is 0.